The number of aromatic nitrogens is 4. The normalized spacial score (nSPS) is 14.1. The number of hydrogen-bond acceptors (Lipinski definition) is 9. The first kappa shape index (κ1) is 25.8. The van der Waals surface area contributed by atoms with Crippen molar-refractivity contribution in [1.82, 2.24) is 20.4 Å². The van der Waals surface area contributed by atoms with Crippen molar-refractivity contribution in [1.29, 1.82) is 5.26 Å². The molecule has 0 radical (unpaired) electrons. The van der Waals surface area contributed by atoms with E-state index in [1.807, 2.05) is 42.2 Å². The first-order valence-electron chi connectivity index (χ1n) is 12.6. The van der Waals surface area contributed by atoms with Gasteiger partial charge < -0.3 is 14.5 Å². The molecular weight excluding hydrogens is 539 g/mol. The second-order valence-electron chi connectivity index (χ2n) is 9.17. The minimum Gasteiger partial charge on any atom is -0.477 e. The molecule has 12 heteroatoms. The summed E-state index contributed by atoms with van der Waals surface area (Å²) < 4.78 is 46.2. The maximum Gasteiger partial charge on any atom is 0.416 e. The average molecular weight is 562 g/mol. The fourth-order valence-corrected chi connectivity index (χ4v) is 6.12. The van der Waals surface area contributed by atoms with Crippen molar-refractivity contribution in [3.8, 4) is 23.1 Å². The Morgan fingerprint density at radius 3 is 2.45 bits per heavy atom. The standard InChI is InChI=1S/C28H22F3N7OS/c1-2-39-26-20(16-32)21(17-7-4-3-5-8-17)22-23-24(40-27(22)33-26)25(35-36-34-23)38-13-11-37(12-14-38)19-10-6-9-18(15-19)28(29,30)31/h3-10,15H,2,11-14H2,1H3. The highest BCUT2D eigenvalue weighted by atomic mass is 32.1. The molecule has 1 saturated heterocycles. The van der Waals surface area contributed by atoms with Gasteiger partial charge in [0.05, 0.1) is 12.2 Å². The summed E-state index contributed by atoms with van der Waals surface area (Å²) in [5.74, 6) is 0.896. The fourth-order valence-electron chi connectivity index (χ4n) is 5.00. The molecule has 4 heterocycles. The van der Waals surface area contributed by atoms with Gasteiger partial charge in [-0.25, -0.2) is 4.98 Å². The number of halogens is 3. The second kappa shape index (κ2) is 10.2. The van der Waals surface area contributed by atoms with E-state index in [-0.39, 0.29) is 5.88 Å². The van der Waals surface area contributed by atoms with Gasteiger partial charge in [0.1, 0.15) is 26.7 Å². The van der Waals surface area contributed by atoms with E-state index in [0.717, 1.165) is 16.3 Å². The number of nitriles is 1. The van der Waals surface area contributed by atoms with Crippen LogP contribution in [-0.4, -0.2) is 53.2 Å². The minimum absolute atomic E-state index is 0.264. The van der Waals surface area contributed by atoms with Crippen molar-refractivity contribution in [2.45, 2.75) is 13.1 Å². The predicted molar refractivity (Wildman–Crippen MR) is 148 cm³/mol. The molecule has 2 aromatic carbocycles. The van der Waals surface area contributed by atoms with Gasteiger partial charge >= 0.3 is 6.18 Å². The number of fused-ring (bicyclic) bond motifs is 3. The van der Waals surface area contributed by atoms with E-state index >= 15 is 0 Å². The van der Waals surface area contributed by atoms with E-state index in [4.69, 9.17) is 4.74 Å². The molecule has 0 unspecified atom stereocenters. The summed E-state index contributed by atoms with van der Waals surface area (Å²) in [7, 11) is 0. The van der Waals surface area contributed by atoms with Crippen molar-refractivity contribution < 1.29 is 17.9 Å². The molecule has 1 aliphatic heterocycles. The molecule has 1 fully saturated rings. The van der Waals surface area contributed by atoms with E-state index < -0.39 is 11.7 Å². The minimum atomic E-state index is -4.39. The number of rotatable bonds is 5. The number of ether oxygens (including phenoxy) is 1. The summed E-state index contributed by atoms with van der Waals surface area (Å²) in [4.78, 5) is 9.34. The summed E-state index contributed by atoms with van der Waals surface area (Å²) in [5, 5.41) is 23.6. The zero-order valence-electron chi connectivity index (χ0n) is 21.3. The molecule has 0 atom stereocenters. The molecule has 0 bridgehead atoms. The molecule has 0 amide bonds. The Kier molecular flexibility index (Phi) is 6.59. The SMILES string of the molecule is CCOc1nc2sc3c(N4CCN(c5cccc(C(F)(F)F)c5)CC4)nnnc3c2c(-c2ccccc2)c1C#N. The van der Waals surface area contributed by atoms with Crippen LogP contribution in [0, 0.1) is 11.3 Å². The summed E-state index contributed by atoms with van der Waals surface area (Å²) in [6.07, 6.45) is -4.39. The van der Waals surface area contributed by atoms with Gasteiger partial charge in [-0.3, -0.25) is 0 Å². The molecule has 0 aliphatic carbocycles. The number of piperazine rings is 1. The van der Waals surface area contributed by atoms with Crippen LogP contribution < -0.4 is 14.5 Å². The Bertz CT molecular complexity index is 1740. The number of pyridine rings is 1. The molecule has 202 valence electrons. The number of benzene rings is 2. The van der Waals surface area contributed by atoms with E-state index in [0.29, 0.717) is 71.2 Å². The predicted octanol–water partition coefficient (Wildman–Crippen LogP) is 5.92. The molecule has 0 saturated carbocycles. The lowest BCUT2D eigenvalue weighted by Gasteiger charge is -2.36. The Morgan fingerprint density at radius 2 is 1.75 bits per heavy atom. The zero-order valence-corrected chi connectivity index (χ0v) is 22.1. The van der Waals surface area contributed by atoms with Crippen LogP contribution in [0.4, 0.5) is 24.7 Å². The molecule has 3 aromatic heterocycles. The van der Waals surface area contributed by atoms with Crippen LogP contribution in [0.15, 0.2) is 54.6 Å². The number of anilines is 2. The van der Waals surface area contributed by atoms with E-state index in [2.05, 4.69) is 31.4 Å². The molecule has 0 N–H and O–H groups in total. The Labute approximate surface area is 231 Å². The van der Waals surface area contributed by atoms with Crippen LogP contribution in [0.2, 0.25) is 0 Å². The molecule has 0 spiro atoms. The van der Waals surface area contributed by atoms with Gasteiger partial charge in [0.2, 0.25) is 5.88 Å². The summed E-state index contributed by atoms with van der Waals surface area (Å²) in [5.41, 5.74) is 2.31. The van der Waals surface area contributed by atoms with Gasteiger partial charge in [0.15, 0.2) is 5.82 Å². The number of thiophene rings is 1. The van der Waals surface area contributed by atoms with Crippen molar-refractivity contribution in [3.05, 3.63) is 65.7 Å². The maximum absolute atomic E-state index is 13.2. The third kappa shape index (κ3) is 4.52. The van der Waals surface area contributed by atoms with Gasteiger partial charge in [0, 0.05) is 42.8 Å². The lowest BCUT2D eigenvalue weighted by molar-refractivity contribution is -0.137. The monoisotopic (exact) mass is 561 g/mol. The van der Waals surface area contributed by atoms with Crippen LogP contribution in [0.1, 0.15) is 18.1 Å². The number of nitrogens with zero attached hydrogens (tertiary/aromatic N) is 7. The van der Waals surface area contributed by atoms with Gasteiger partial charge in [0.25, 0.3) is 0 Å². The summed E-state index contributed by atoms with van der Waals surface area (Å²) in [6, 6.07) is 17.2. The van der Waals surface area contributed by atoms with Gasteiger partial charge in [-0.15, -0.1) is 21.5 Å². The van der Waals surface area contributed by atoms with Crippen LogP contribution in [-0.2, 0) is 6.18 Å². The van der Waals surface area contributed by atoms with E-state index in [9.17, 15) is 18.4 Å². The highest BCUT2D eigenvalue weighted by molar-refractivity contribution is 7.26. The third-order valence-corrected chi connectivity index (χ3v) is 7.91. The molecule has 40 heavy (non-hydrogen) atoms. The Morgan fingerprint density at radius 1 is 1.00 bits per heavy atom. The summed E-state index contributed by atoms with van der Waals surface area (Å²) in [6.45, 7) is 4.29. The van der Waals surface area contributed by atoms with Crippen molar-refractivity contribution in [2.75, 3.05) is 42.6 Å². The third-order valence-electron chi connectivity index (χ3n) is 6.84. The Balaban J connectivity index is 1.40. The van der Waals surface area contributed by atoms with E-state index in [1.165, 1.54) is 23.5 Å². The highest BCUT2D eigenvalue weighted by Crippen LogP contribution is 2.44. The van der Waals surface area contributed by atoms with Gasteiger partial charge in [-0.2, -0.15) is 18.4 Å². The van der Waals surface area contributed by atoms with Gasteiger partial charge in [-0.05, 0) is 35.9 Å². The largest absolute Gasteiger partial charge is 0.477 e. The van der Waals surface area contributed by atoms with Crippen molar-refractivity contribution in [2.24, 2.45) is 0 Å². The average Bonchev–Trinajstić information content (AvgIpc) is 3.35. The number of alkyl halides is 3. The molecule has 8 nitrogen and oxygen atoms in total. The second-order valence-corrected chi connectivity index (χ2v) is 10.2. The first-order chi connectivity index (χ1) is 19.4. The molecular formula is C28H22F3N7OS. The smallest absolute Gasteiger partial charge is 0.416 e. The maximum atomic E-state index is 13.2. The topological polar surface area (TPSA) is 91.1 Å². The summed E-state index contributed by atoms with van der Waals surface area (Å²) >= 11 is 1.41. The quantitative estimate of drug-likeness (QED) is 0.261. The van der Waals surface area contributed by atoms with Crippen LogP contribution >= 0.6 is 11.3 Å². The fraction of sp³-hybridized carbons (Fsp3) is 0.250. The zero-order chi connectivity index (χ0) is 27.9. The first-order valence-corrected chi connectivity index (χ1v) is 13.5. The Hall–Kier alpha value is -4.50. The lowest BCUT2D eigenvalue weighted by Crippen LogP contribution is -2.47. The molecule has 6 rings (SSSR count). The lowest BCUT2D eigenvalue weighted by atomic mass is 9.98. The van der Waals surface area contributed by atoms with Crippen LogP contribution in [0.25, 0.3) is 31.6 Å². The van der Waals surface area contributed by atoms with E-state index in [1.54, 1.807) is 6.07 Å². The molecule has 1 aliphatic rings. The van der Waals surface area contributed by atoms with Gasteiger partial charge in [-0.1, -0.05) is 36.4 Å². The molecule has 5 aromatic rings. The van der Waals surface area contributed by atoms with Crippen molar-refractivity contribution in [3.63, 3.8) is 0 Å². The van der Waals surface area contributed by atoms with Crippen LogP contribution in [0.3, 0.4) is 0 Å². The van der Waals surface area contributed by atoms with Crippen molar-refractivity contribution >= 4 is 43.3 Å². The number of hydrogen-bond donors (Lipinski definition) is 0. The van der Waals surface area contributed by atoms with Crippen LogP contribution in [0.5, 0.6) is 5.88 Å². The highest BCUT2D eigenvalue weighted by Gasteiger charge is 2.31.